The molecule has 1 aliphatic heterocycles. The zero-order valence-corrected chi connectivity index (χ0v) is 16.4. The van der Waals surface area contributed by atoms with Crippen LogP contribution in [0.15, 0.2) is 42.5 Å². The Labute approximate surface area is 161 Å². The van der Waals surface area contributed by atoms with Crippen LogP contribution in [0.1, 0.15) is 45.1 Å². The summed E-state index contributed by atoms with van der Waals surface area (Å²) in [5, 5.41) is 5.51. The predicted octanol–water partition coefficient (Wildman–Crippen LogP) is 3.93. The Morgan fingerprint density at radius 2 is 1.70 bits per heavy atom. The van der Waals surface area contributed by atoms with Gasteiger partial charge in [0.1, 0.15) is 0 Å². The van der Waals surface area contributed by atoms with Crippen molar-refractivity contribution in [1.29, 1.82) is 0 Å². The summed E-state index contributed by atoms with van der Waals surface area (Å²) in [4.78, 5) is 26.9. The highest BCUT2D eigenvalue weighted by atomic mass is 16.2. The molecule has 1 heterocycles. The third-order valence-electron chi connectivity index (χ3n) is 5.69. The van der Waals surface area contributed by atoms with Crippen molar-refractivity contribution >= 4 is 22.6 Å². The number of benzene rings is 2. The first-order chi connectivity index (χ1) is 13.1. The standard InChI is InChI=1S/C23H30N2O2/c1-3-18(4-2)23(27)25-13-11-21(12-14-25)24-22(26)16-17-9-10-19-7-5-6-8-20(19)15-17/h5-10,15,18,21H,3-4,11-14,16H2,1-2H3,(H,24,26). The van der Waals surface area contributed by atoms with Crippen LogP contribution < -0.4 is 5.32 Å². The van der Waals surface area contributed by atoms with Crippen molar-refractivity contribution in [2.45, 2.75) is 52.0 Å². The maximum atomic E-state index is 12.5. The van der Waals surface area contributed by atoms with E-state index in [0.717, 1.165) is 49.7 Å². The van der Waals surface area contributed by atoms with Gasteiger partial charge in [-0.1, -0.05) is 56.3 Å². The molecule has 0 radical (unpaired) electrons. The fourth-order valence-electron chi connectivity index (χ4n) is 3.95. The first-order valence-corrected chi connectivity index (χ1v) is 10.2. The van der Waals surface area contributed by atoms with E-state index in [4.69, 9.17) is 0 Å². The molecule has 1 aliphatic rings. The van der Waals surface area contributed by atoms with Crippen LogP contribution in [0.25, 0.3) is 10.8 Å². The van der Waals surface area contributed by atoms with Crippen LogP contribution in [0, 0.1) is 5.92 Å². The minimum Gasteiger partial charge on any atom is -0.353 e. The normalized spacial score (nSPS) is 15.3. The van der Waals surface area contributed by atoms with E-state index in [0.29, 0.717) is 6.42 Å². The minimum absolute atomic E-state index is 0.0649. The largest absolute Gasteiger partial charge is 0.353 e. The first-order valence-electron chi connectivity index (χ1n) is 10.2. The highest BCUT2D eigenvalue weighted by Crippen LogP contribution is 2.18. The van der Waals surface area contributed by atoms with E-state index in [9.17, 15) is 9.59 Å². The van der Waals surface area contributed by atoms with Gasteiger partial charge in [0.05, 0.1) is 6.42 Å². The maximum Gasteiger partial charge on any atom is 0.225 e. The molecule has 0 bridgehead atoms. The Balaban J connectivity index is 1.49. The fourth-order valence-corrected chi connectivity index (χ4v) is 3.95. The lowest BCUT2D eigenvalue weighted by atomic mass is 9.98. The van der Waals surface area contributed by atoms with E-state index >= 15 is 0 Å². The summed E-state index contributed by atoms with van der Waals surface area (Å²) in [6.07, 6.45) is 3.89. The van der Waals surface area contributed by atoms with Gasteiger partial charge in [-0.05, 0) is 42.0 Å². The summed E-state index contributed by atoms with van der Waals surface area (Å²) in [5.74, 6) is 0.486. The molecule has 1 saturated heterocycles. The number of hydrogen-bond donors (Lipinski definition) is 1. The van der Waals surface area contributed by atoms with Gasteiger partial charge in [0.25, 0.3) is 0 Å². The van der Waals surface area contributed by atoms with Gasteiger partial charge in [0, 0.05) is 25.0 Å². The third-order valence-corrected chi connectivity index (χ3v) is 5.69. The lowest BCUT2D eigenvalue weighted by Crippen LogP contribution is -2.48. The Morgan fingerprint density at radius 3 is 2.37 bits per heavy atom. The monoisotopic (exact) mass is 366 g/mol. The maximum absolute atomic E-state index is 12.5. The molecular weight excluding hydrogens is 336 g/mol. The molecule has 2 aromatic carbocycles. The quantitative estimate of drug-likeness (QED) is 0.842. The Hall–Kier alpha value is -2.36. The Kier molecular flexibility index (Phi) is 6.49. The molecule has 3 rings (SSSR count). The highest BCUT2D eigenvalue weighted by molar-refractivity contribution is 5.85. The van der Waals surface area contributed by atoms with Crippen molar-refractivity contribution in [2.75, 3.05) is 13.1 Å². The summed E-state index contributed by atoms with van der Waals surface area (Å²) in [6.45, 7) is 5.64. The predicted molar refractivity (Wildman–Crippen MR) is 109 cm³/mol. The average molecular weight is 367 g/mol. The fraction of sp³-hybridized carbons (Fsp3) is 0.478. The van der Waals surface area contributed by atoms with Gasteiger partial charge < -0.3 is 10.2 Å². The number of nitrogens with zero attached hydrogens (tertiary/aromatic N) is 1. The SMILES string of the molecule is CCC(CC)C(=O)N1CCC(NC(=O)Cc2ccc3ccccc3c2)CC1. The van der Waals surface area contributed by atoms with E-state index in [2.05, 4.69) is 43.4 Å². The van der Waals surface area contributed by atoms with E-state index < -0.39 is 0 Å². The van der Waals surface area contributed by atoms with Gasteiger partial charge in [-0.2, -0.15) is 0 Å². The summed E-state index contributed by atoms with van der Waals surface area (Å²) in [7, 11) is 0. The van der Waals surface area contributed by atoms with Crippen LogP contribution >= 0.6 is 0 Å². The van der Waals surface area contributed by atoms with Gasteiger partial charge in [-0.15, -0.1) is 0 Å². The summed E-state index contributed by atoms with van der Waals surface area (Å²) < 4.78 is 0. The van der Waals surface area contributed by atoms with Crippen LogP contribution in [0.2, 0.25) is 0 Å². The molecule has 1 N–H and O–H groups in total. The van der Waals surface area contributed by atoms with E-state index in [-0.39, 0.29) is 23.8 Å². The van der Waals surface area contributed by atoms with Crippen molar-refractivity contribution in [3.63, 3.8) is 0 Å². The first kappa shape index (κ1) is 19.4. The van der Waals surface area contributed by atoms with E-state index in [1.807, 2.05) is 23.1 Å². The average Bonchev–Trinajstić information content (AvgIpc) is 2.69. The van der Waals surface area contributed by atoms with Crippen LogP contribution in [0.3, 0.4) is 0 Å². The van der Waals surface area contributed by atoms with Gasteiger partial charge >= 0.3 is 0 Å². The van der Waals surface area contributed by atoms with Gasteiger partial charge in [-0.25, -0.2) is 0 Å². The number of carbonyl (C=O) groups is 2. The van der Waals surface area contributed by atoms with Crippen molar-refractivity contribution in [3.05, 3.63) is 48.0 Å². The van der Waals surface area contributed by atoms with Crippen LogP contribution in [0.5, 0.6) is 0 Å². The number of piperidine rings is 1. The second-order valence-electron chi connectivity index (χ2n) is 7.54. The van der Waals surface area contributed by atoms with Crippen LogP contribution in [0.4, 0.5) is 0 Å². The number of nitrogens with one attached hydrogen (secondary N) is 1. The molecular formula is C23H30N2O2. The number of hydrogen-bond acceptors (Lipinski definition) is 2. The van der Waals surface area contributed by atoms with Gasteiger partial charge in [0.2, 0.25) is 11.8 Å². The second-order valence-corrected chi connectivity index (χ2v) is 7.54. The zero-order chi connectivity index (χ0) is 19.2. The summed E-state index contributed by atoms with van der Waals surface area (Å²) in [6, 6.07) is 14.5. The van der Waals surface area contributed by atoms with E-state index in [1.165, 1.54) is 5.39 Å². The third kappa shape index (κ3) is 4.88. The molecule has 4 heteroatoms. The number of rotatable bonds is 6. The molecule has 0 aliphatic carbocycles. The number of amides is 2. The van der Waals surface area contributed by atoms with Crippen molar-refractivity contribution < 1.29 is 9.59 Å². The van der Waals surface area contributed by atoms with Crippen LogP contribution in [-0.2, 0) is 16.0 Å². The Morgan fingerprint density at radius 1 is 1.04 bits per heavy atom. The van der Waals surface area contributed by atoms with Crippen molar-refractivity contribution in [1.82, 2.24) is 10.2 Å². The smallest absolute Gasteiger partial charge is 0.225 e. The van der Waals surface area contributed by atoms with Crippen molar-refractivity contribution in [3.8, 4) is 0 Å². The lowest BCUT2D eigenvalue weighted by Gasteiger charge is -2.34. The molecule has 0 spiro atoms. The summed E-state index contributed by atoms with van der Waals surface area (Å²) >= 11 is 0. The van der Waals surface area contributed by atoms with Gasteiger partial charge in [0.15, 0.2) is 0 Å². The molecule has 2 aromatic rings. The molecule has 0 unspecified atom stereocenters. The Bertz CT molecular complexity index is 790. The second kappa shape index (κ2) is 9.03. The molecule has 2 amide bonds. The zero-order valence-electron chi connectivity index (χ0n) is 16.4. The molecule has 0 saturated carbocycles. The topological polar surface area (TPSA) is 49.4 Å². The molecule has 4 nitrogen and oxygen atoms in total. The highest BCUT2D eigenvalue weighted by Gasteiger charge is 2.27. The minimum atomic E-state index is 0.0649. The molecule has 144 valence electrons. The van der Waals surface area contributed by atoms with Gasteiger partial charge in [-0.3, -0.25) is 9.59 Å². The lowest BCUT2D eigenvalue weighted by molar-refractivity contribution is -0.137. The molecule has 0 atom stereocenters. The van der Waals surface area contributed by atoms with Crippen molar-refractivity contribution in [2.24, 2.45) is 5.92 Å². The number of fused-ring (bicyclic) bond motifs is 1. The molecule has 1 fully saturated rings. The number of carbonyl (C=O) groups excluding carboxylic acids is 2. The molecule has 0 aromatic heterocycles. The van der Waals surface area contributed by atoms with E-state index in [1.54, 1.807) is 0 Å². The van der Waals surface area contributed by atoms with Crippen LogP contribution in [-0.4, -0.2) is 35.8 Å². The summed E-state index contributed by atoms with van der Waals surface area (Å²) in [5.41, 5.74) is 1.03. The molecule has 27 heavy (non-hydrogen) atoms. The number of likely N-dealkylation sites (tertiary alicyclic amines) is 1.